The minimum absolute atomic E-state index is 0.146. The molecule has 0 aliphatic rings. The Hall–Kier alpha value is -5.16. The summed E-state index contributed by atoms with van der Waals surface area (Å²) in [6, 6.07) is 22.9. The number of allylic oxidation sites excluding steroid dienone is 4. The van der Waals surface area contributed by atoms with Gasteiger partial charge in [-0.1, -0.05) is 24.3 Å². The van der Waals surface area contributed by atoms with E-state index in [0.717, 1.165) is 22.5 Å². The van der Waals surface area contributed by atoms with Crippen molar-refractivity contribution in [3.05, 3.63) is 113 Å². The zero-order valence-corrected chi connectivity index (χ0v) is 22.5. The first kappa shape index (κ1) is 28.4. The molecule has 0 bridgehead atoms. The number of urea groups is 1. The van der Waals surface area contributed by atoms with E-state index in [1.807, 2.05) is 69.3 Å². The molecule has 0 aliphatic carbocycles. The molecule has 0 unspecified atom stereocenters. The van der Waals surface area contributed by atoms with Crippen LogP contribution in [0.1, 0.15) is 37.5 Å². The molecule has 3 rings (SSSR count). The van der Waals surface area contributed by atoms with Crippen molar-refractivity contribution in [3.8, 4) is 11.8 Å². The van der Waals surface area contributed by atoms with Gasteiger partial charge in [0.1, 0.15) is 5.75 Å². The third-order valence-corrected chi connectivity index (χ3v) is 5.74. The van der Waals surface area contributed by atoms with Crippen molar-refractivity contribution in [3.63, 3.8) is 0 Å². The molecule has 0 aromatic heterocycles. The van der Waals surface area contributed by atoms with E-state index in [-0.39, 0.29) is 11.8 Å². The lowest BCUT2D eigenvalue weighted by molar-refractivity contribution is 0.262. The molecule has 0 heterocycles. The van der Waals surface area contributed by atoms with E-state index >= 15 is 0 Å². The van der Waals surface area contributed by atoms with E-state index in [4.69, 9.17) is 10.3 Å². The smallest absolute Gasteiger partial charge is 0.323 e. The highest BCUT2D eigenvalue weighted by Crippen LogP contribution is 2.20. The Labute approximate surface area is 229 Å². The number of benzene rings is 3. The van der Waals surface area contributed by atoms with Crippen molar-refractivity contribution in [2.24, 2.45) is 9.98 Å². The molecule has 0 radical (unpaired) electrons. The number of phenolic OH excluding ortho intramolecular Hbond substituents is 1. The van der Waals surface area contributed by atoms with Crippen molar-refractivity contribution in [2.75, 3.05) is 17.7 Å². The van der Waals surface area contributed by atoms with Gasteiger partial charge in [-0.15, -0.1) is 0 Å². The molecule has 3 aromatic rings. The van der Waals surface area contributed by atoms with Crippen LogP contribution in [0.5, 0.6) is 5.75 Å². The number of hydrogen-bond acceptors (Lipinski definition) is 6. The predicted octanol–water partition coefficient (Wildman–Crippen LogP) is 6.39. The first-order valence-corrected chi connectivity index (χ1v) is 12.3. The van der Waals surface area contributed by atoms with Gasteiger partial charge in [0.15, 0.2) is 0 Å². The van der Waals surface area contributed by atoms with Crippen LogP contribution in [0.25, 0.3) is 0 Å². The van der Waals surface area contributed by atoms with Gasteiger partial charge in [0.2, 0.25) is 0 Å². The molecule has 0 atom stereocenters. The molecule has 0 spiro atoms. The highest BCUT2D eigenvalue weighted by molar-refractivity contribution is 6.11. The van der Waals surface area contributed by atoms with Crippen molar-refractivity contribution in [2.45, 2.75) is 27.3 Å². The molecular formula is C31H32N6O2. The van der Waals surface area contributed by atoms with Gasteiger partial charge in [-0.2, -0.15) is 5.26 Å². The summed E-state index contributed by atoms with van der Waals surface area (Å²) in [6.07, 6.45) is 3.64. The second kappa shape index (κ2) is 14.0. The molecule has 0 aliphatic heterocycles. The molecule has 3 aromatic carbocycles. The molecule has 198 valence electrons. The van der Waals surface area contributed by atoms with Crippen LogP contribution in [-0.2, 0) is 6.54 Å². The topological polar surface area (TPSA) is 122 Å². The summed E-state index contributed by atoms with van der Waals surface area (Å²) >= 11 is 0. The second-order valence-electron chi connectivity index (χ2n) is 8.82. The second-order valence-corrected chi connectivity index (χ2v) is 8.82. The summed E-state index contributed by atoms with van der Waals surface area (Å²) in [6.45, 7) is 6.29. The highest BCUT2D eigenvalue weighted by Gasteiger charge is 2.09. The van der Waals surface area contributed by atoms with Crippen molar-refractivity contribution >= 4 is 29.3 Å². The van der Waals surface area contributed by atoms with Gasteiger partial charge in [0.05, 0.1) is 17.3 Å². The Kier molecular flexibility index (Phi) is 10.2. The monoisotopic (exact) mass is 520 g/mol. The third kappa shape index (κ3) is 8.72. The number of aliphatic imine (C=N–C) groups is 2. The van der Waals surface area contributed by atoms with Gasteiger partial charge in [-0.05, 0) is 86.5 Å². The maximum atomic E-state index is 12.4. The van der Waals surface area contributed by atoms with E-state index in [9.17, 15) is 9.90 Å². The number of nitriles is 1. The zero-order chi connectivity index (χ0) is 28.2. The normalized spacial score (nSPS) is 12.5. The zero-order valence-electron chi connectivity index (χ0n) is 22.5. The molecule has 0 fully saturated rings. The number of phenols is 1. The number of carbonyl (C=O) groups excluding carboxylic acids is 1. The Morgan fingerprint density at radius 1 is 0.974 bits per heavy atom. The van der Waals surface area contributed by atoms with Gasteiger partial charge in [-0.3, -0.25) is 9.98 Å². The number of hydrogen-bond donors (Lipinski definition) is 4. The maximum absolute atomic E-state index is 12.4. The van der Waals surface area contributed by atoms with Crippen LogP contribution in [0.15, 0.2) is 106 Å². The SMILES string of the molecule is CN=C/C(C)=C(C)/N=C(\C=C(/C)NCc1cccc(NC(=O)Nc2ccc(C#N)cc2)c1)c1ccccc1O. The summed E-state index contributed by atoms with van der Waals surface area (Å²) in [5.74, 6) is 0.146. The van der Waals surface area contributed by atoms with E-state index in [1.165, 1.54) is 0 Å². The Morgan fingerprint density at radius 2 is 1.69 bits per heavy atom. The molecule has 2 amide bonds. The first-order valence-electron chi connectivity index (χ1n) is 12.3. The summed E-state index contributed by atoms with van der Waals surface area (Å²) < 4.78 is 0. The van der Waals surface area contributed by atoms with Crippen LogP contribution in [0.3, 0.4) is 0 Å². The van der Waals surface area contributed by atoms with Crippen molar-refractivity contribution < 1.29 is 9.90 Å². The molecule has 4 N–H and O–H groups in total. The Bertz CT molecular complexity index is 1480. The molecular weight excluding hydrogens is 488 g/mol. The Morgan fingerprint density at radius 3 is 2.38 bits per heavy atom. The predicted molar refractivity (Wildman–Crippen MR) is 158 cm³/mol. The lowest BCUT2D eigenvalue weighted by atomic mass is 10.1. The van der Waals surface area contributed by atoms with Gasteiger partial charge in [-0.25, -0.2) is 4.79 Å². The maximum Gasteiger partial charge on any atom is 0.323 e. The number of para-hydroxylation sites is 1. The molecule has 0 saturated heterocycles. The number of carbonyl (C=O) groups is 1. The van der Waals surface area contributed by atoms with Crippen LogP contribution in [0.2, 0.25) is 0 Å². The van der Waals surface area contributed by atoms with E-state index in [0.29, 0.717) is 34.8 Å². The van der Waals surface area contributed by atoms with Gasteiger partial charge in [0.25, 0.3) is 0 Å². The van der Waals surface area contributed by atoms with E-state index in [1.54, 1.807) is 49.7 Å². The third-order valence-electron chi connectivity index (χ3n) is 5.74. The average molecular weight is 521 g/mol. The first-order chi connectivity index (χ1) is 18.8. The van der Waals surface area contributed by atoms with E-state index < -0.39 is 0 Å². The minimum atomic E-state index is -0.378. The molecule has 39 heavy (non-hydrogen) atoms. The van der Waals surface area contributed by atoms with Gasteiger partial charge in [0, 0.05) is 48.1 Å². The van der Waals surface area contributed by atoms with E-state index in [2.05, 4.69) is 20.9 Å². The molecule has 0 saturated carbocycles. The fourth-order valence-electron chi connectivity index (χ4n) is 3.59. The molecule has 8 nitrogen and oxygen atoms in total. The number of nitrogens with one attached hydrogen (secondary N) is 3. The summed E-state index contributed by atoms with van der Waals surface area (Å²) in [7, 11) is 1.71. The summed E-state index contributed by atoms with van der Waals surface area (Å²) in [4.78, 5) is 21.2. The van der Waals surface area contributed by atoms with Crippen LogP contribution in [0, 0.1) is 11.3 Å². The van der Waals surface area contributed by atoms with Crippen LogP contribution < -0.4 is 16.0 Å². The summed E-state index contributed by atoms with van der Waals surface area (Å²) in [5.41, 5.74) is 6.54. The fraction of sp³-hybridized carbons (Fsp3) is 0.161. The van der Waals surface area contributed by atoms with Gasteiger partial charge < -0.3 is 21.1 Å². The number of amides is 2. The number of nitrogens with zero attached hydrogens (tertiary/aromatic N) is 3. The van der Waals surface area contributed by atoms with Gasteiger partial charge >= 0.3 is 6.03 Å². The fourth-order valence-corrected chi connectivity index (χ4v) is 3.59. The lowest BCUT2D eigenvalue weighted by Crippen LogP contribution is -2.19. The molecule has 8 heteroatoms. The average Bonchev–Trinajstić information content (AvgIpc) is 2.92. The lowest BCUT2D eigenvalue weighted by Gasteiger charge is -2.12. The van der Waals surface area contributed by atoms with Crippen molar-refractivity contribution in [1.29, 1.82) is 5.26 Å². The number of aromatic hydroxyl groups is 1. The van der Waals surface area contributed by atoms with Crippen LogP contribution >= 0.6 is 0 Å². The number of anilines is 2. The van der Waals surface area contributed by atoms with Crippen LogP contribution in [-0.4, -0.2) is 30.1 Å². The Balaban J connectivity index is 1.71. The highest BCUT2D eigenvalue weighted by atomic mass is 16.3. The largest absolute Gasteiger partial charge is 0.507 e. The minimum Gasteiger partial charge on any atom is -0.507 e. The quantitative estimate of drug-likeness (QED) is 0.244. The van der Waals surface area contributed by atoms with Crippen molar-refractivity contribution in [1.82, 2.24) is 5.32 Å². The summed E-state index contributed by atoms with van der Waals surface area (Å²) in [5, 5.41) is 28.3. The standard InChI is InChI=1S/C31H32N6O2/c1-21(19-33-4)23(3)35-29(28-10-5-6-11-30(28)38)16-22(2)34-20-25-8-7-9-27(17-25)37-31(39)36-26-14-12-24(18-32)13-15-26/h5-17,19,34,38H,20H2,1-4H3,(H2,36,37,39)/b22-16+,23-21+,33-19?,35-29+. The number of rotatable bonds is 9. The van der Waals surface area contributed by atoms with Crippen LogP contribution in [0.4, 0.5) is 16.2 Å².